The van der Waals surface area contributed by atoms with Gasteiger partial charge in [0.05, 0.1) is 5.69 Å². The van der Waals surface area contributed by atoms with Crippen molar-refractivity contribution in [3.05, 3.63) is 22.3 Å². The van der Waals surface area contributed by atoms with Gasteiger partial charge in [0.15, 0.2) is 0 Å². The van der Waals surface area contributed by atoms with Gasteiger partial charge in [-0.3, -0.25) is 0 Å². The molecule has 1 aromatic heterocycles. The van der Waals surface area contributed by atoms with Crippen molar-refractivity contribution in [2.75, 3.05) is 5.32 Å². The predicted molar refractivity (Wildman–Crippen MR) is 78.5 cm³/mol. The molecular weight excluding hydrogens is 276 g/mol. The highest BCUT2D eigenvalue weighted by Crippen LogP contribution is 2.18. The van der Waals surface area contributed by atoms with Crippen molar-refractivity contribution in [2.24, 2.45) is 0 Å². The Hall–Kier alpha value is -0.570. The van der Waals surface area contributed by atoms with E-state index in [0.29, 0.717) is 6.04 Å². The van der Waals surface area contributed by atoms with Crippen molar-refractivity contribution in [2.45, 2.75) is 58.9 Å². The molecule has 0 saturated carbocycles. The number of hydrogen-bond donors (Lipinski definition) is 1. The van der Waals surface area contributed by atoms with Crippen LogP contribution >= 0.6 is 15.9 Å². The fourth-order valence-corrected chi connectivity index (χ4v) is 2.14. The Balaban J connectivity index is 2.61. The first-order chi connectivity index (χ1) is 8.17. The highest BCUT2D eigenvalue weighted by atomic mass is 79.9. The summed E-state index contributed by atoms with van der Waals surface area (Å²) in [5, 5.41) is 3.55. The summed E-state index contributed by atoms with van der Waals surface area (Å²) in [5.41, 5.74) is 1.04. The minimum absolute atomic E-state index is 0.563. The van der Waals surface area contributed by atoms with E-state index in [-0.39, 0.29) is 0 Å². The summed E-state index contributed by atoms with van der Waals surface area (Å²) in [5.74, 6) is 1.00. The molecule has 1 atom stereocenters. The van der Waals surface area contributed by atoms with E-state index in [9.17, 15) is 0 Å². The van der Waals surface area contributed by atoms with Gasteiger partial charge >= 0.3 is 0 Å². The normalized spacial score (nSPS) is 12.5. The minimum atomic E-state index is 0.563. The molecule has 0 aromatic carbocycles. The van der Waals surface area contributed by atoms with Gasteiger partial charge < -0.3 is 5.32 Å². The number of rotatable bonds is 7. The summed E-state index contributed by atoms with van der Waals surface area (Å²) in [6.45, 7) is 6.50. The van der Waals surface area contributed by atoms with Crippen LogP contribution in [0.5, 0.6) is 0 Å². The Kier molecular flexibility index (Phi) is 6.56. The molecule has 0 aliphatic carbocycles. The van der Waals surface area contributed by atoms with Gasteiger partial charge in [-0.05, 0) is 47.8 Å². The number of nitrogens with zero attached hydrogens (tertiary/aromatic N) is 1. The fourth-order valence-electron chi connectivity index (χ4n) is 1.92. The molecule has 1 N–H and O–H groups in total. The van der Waals surface area contributed by atoms with E-state index in [4.69, 9.17) is 0 Å². The highest BCUT2D eigenvalue weighted by molar-refractivity contribution is 9.10. The van der Waals surface area contributed by atoms with Crippen LogP contribution in [0.4, 0.5) is 5.82 Å². The van der Waals surface area contributed by atoms with Gasteiger partial charge in [-0.25, -0.2) is 4.98 Å². The Labute approximate surface area is 113 Å². The monoisotopic (exact) mass is 298 g/mol. The van der Waals surface area contributed by atoms with Crippen LogP contribution in [0.1, 0.15) is 51.6 Å². The molecule has 1 rings (SSSR count). The Bertz CT molecular complexity index is 339. The first kappa shape index (κ1) is 14.5. The van der Waals surface area contributed by atoms with Crippen LogP contribution in [0.25, 0.3) is 0 Å². The number of nitrogens with one attached hydrogen (secondary N) is 1. The van der Waals surface area contributed by atoms with Crippen LogP contribution in [-0.2, 0) is 0 Å². The number of halogens is 1. The maximum absolute atomic E-state index is 4.54. The van der Waals surface area contributed by atoms with E-state index < -0.39 is 0 Å². The molecule has 96 valence electrons. The molecule has 0 aliphatic heterocycles. The van der Waals surface area contributed by atoms with Crippen molar-refractivity contribution >= 4 is 21.7 Å². The SMILES string of the molecule is CCCCC(CCC)Nc1ccc(Br)c(C)n1. The molecule has 17 heavy (non-hydrogen) atoms. The zero-order chi connectivity index (χ0) is 12.7. The Morgan fingerprint density at radius 2 is 2.00 bits per heavy atom. The van der Waals surface area contributed by atoms with Gasteiger partial charge in [0.25, 0.3) is 0 Å². The van der Waals surface area contributed by atoms with Crippen LogP contribution in [0.2, 0.25) is 0 Å². The van der Waals surface area contributed by atoms with Gasteiger partial charge in [0.2, 0.25) is 0 Å². The van der Waals surface area contributed by atoms with E-state index in [1.165, 1.54) is 32.1 Å². The summed E-state index contributed by atoms with van der Waals surface area (Å²) < 4.78 is 1.07. The van der Waals surface area contributed by atoms with Crippen molar-refractivity contribution in [3.8, 4) is 0 Å². The lowest BCUT2D eigenvalue weighted by Gasteiger charge is -2.18. The van der Waals surface area contributed by atoms with Crippen LogP contribution in [-0.4, -0.2) is 11.0 Å². The summed E-state index contributed by atoms with van der Waals surface area (Å²) in [6, 6.07) is 4.67. The molecule has 3 heteroatoms. The smallest absolute Gasteiger partial charge is 0.126 e. The molecule has 0 aliphatic rings. The standard InChI is InChI=1S/C14H23BrN2/c1-4-6-8-12(7-5-2)17-14-10-9-13(15)11(3)16-14/h9-10,12H,4-8H2,1-3H3,(H,16,17). The second-order valence-electron chi connectivity index (χ2n) is 4.54. The molecule has 1 unspecified atom stereocenters. The minimum Gasteiger partial charge on any atom is -0.367 e. The van der Waals surface area contributed by atoms with Crippen molar-refractivity contribution in [1.29, 1.82) is 0 Å². The summed E-state index contributed by atoms with van der Waals surface area (Å²) in [7, 11) is 0. The first-order valence-electron chi connectivity index (χ1n) is 6.57. The summed E-state index contributed by atoms with van der Waals surface area (Å²) in [6.07, 6.45) is 6.22. The van der Waals surface area contributed by atoms with E-state index in [2.05, 4.69) is 46.1 Å². The molecule has 0 saturated heterocycles. The molecule has 0 amide bonds. The summed E-state index contributed by atoms with van der Waals surface area (Å²) in [4.78, 5) is 4.54. The zero-order valence-corrected chi connectivity index (χ0v) is 12.7. The summed E-state index contributed by atoms with van der Waals surface area (Å²) >= 11 is 3.48. The van der Waals surface area contributed by atoms with E-state index in [1.807, 2.05) is 13.0 Å². The van der Waals surface area contributed by atoms with Crippen molar-refractivity contribution < 1.29 is 0 Å². The number of aryl methyl sites for hydroxylation is 1. The molecule has 0 fully saturated rings. The number of anilines is 1. The molecule has 1 heterocycles. The van der Waals surface area contributed by atoms with E-state index >= 15 is 0 Å². The number of unbranched alkanes of at least 4 members (excludes halogenated alkanes) is 1. The zero-order valence-electron chi connectivity index (χ0n) is 11.1. The Morgan fingerprint density at radius 1 is 1.24 bits per heavy atom. The lowest BCUT2D eigenvalue weighted by Crippen LogP contribution is -2.20. The molecule has 0 bridgehead atoms. The van der Waals surface area contributed by atoms with Gasteiger partial charge in [-0.1, -0.05) is 33.1 Å². The molecule has 0 spiro atoms. The lowest BCUT2D eigenvalue weighted by atomic mass is 10.1. The Morgan fingerprint density at radius 3 is 2.59 bits per heavy atom. The number of hydrogen-bond acceptors (Lipinski definition) is 2. The van der Waals surface area contributed by atoms with Crippen LogP contribution in [0, 0.1) is 6.92 Å². The van der Waals surface area contributed by atoms with Gasteiger partial charge in [0.1, 0.15) is 5.82 Å². The van der Waals surface area contributed by atoms with Crippen LogP contribution < -0.4 is 5.32 Å². The van der Waals surface area contributed by atoms with Crippen molar-refractivity contribution in [3.63, 3.8) is 0 Å². The second kappa shape index (κ2) is 7.70. The van der Waals surface area contributed by atoms with E-state index in [0.717, 1.165) is 16.0 Å². The molecular formula is C14H23BrN2. The average molecular weight is 299 g/mol. The average Bonchev–Trinajstić information content (AvgIpc) is 2.31. The molecule has 1 aromatic rings. The van der Waals surface area contributed by atoms with E-state index in [1.54, 1.807) is 0 Å². The van der Waals surface area contributed by atoms with Gasteiger partial charge in [-0.2, -0.15) is 0 Å². The lowest BCUT2D eigenvalue weighted by molar-refractivity contribution is 0.563. The highest BCUT2D eigenvalue weighted by Gasteiger charge is 2.08. The topological polar surface area (TPSA) is 24.9 Å². The quantitative estimate of drug-likeness (QED) is 0.772. The van der Waals surface area contributed by atoms with Gasteiger partial charge in [0, 0.05) is 10.5 Å². The fraction of sp³-hybridized carbons (Fsp3) is 0.643. The second-order valence-corrected chi connectivity index (χ2v) is 5.39. The largest absolute Gasteiger partial charge is 0.367 e. The first-order valence-corrected chi connectivity index (χ1v) is 7.36. The third-order valence-corrected chi connectivity index (χ3v) is 3.75. The maximum atomic E-state index is 4.54. The van der Waals surface area contributed by atoms with Crippen LogP contribution in [0.3, 0.4) is 0 Å². The van der Waals surface area contributed by atoms with Gasteiger partial charge in [-0.15, -0.1) is 0 Å². The van der Waals surface area contributed by atoms with Crippen LogP contribution in [0.15, 0.2) is 16.6 Å². The predicted octanol–water partition coefficient (Wildman–Crippen LogP) is 4.92. The maximum Gasteiger partial charge on any atom is 0.126 e. The third kappa shape index (κ3) is 5.07. The number of aromatic nitrogens is 1. The number of pyridine rings is 1. The van der Waals surface area contributed by atoms with Crippen molar-refractivity contribution in [1.82, 2.24) is 4.98 Å². The molecule has 0 radical (unpaired) electrons. The molecule has 2 nitrogen and oxygen atoms in total. The third-order valence-electron chi connectivity index (χ3n) is 2.92.